The third-order valence-electron chi connectivity index (χ3n) is 4.15. The number of carboxylic acids is 1. The third-order valence-corrected chi connectivity index (χ3v) is 4.15. The number of fused-ring (bicyclic) bond motifs is 1. The van der Waals surface area contributed by atoms with Gasteiger partial charge in [-0.3, -0.25) is 24.0 Å². The van der Waals surface area contributed by atoms with Crippen molar-refractivity contribution in [2.75, 3.05) is 0 Å². The van der Waals surface area contributed by atoms with E-state index in [-0.39, 0.29) is 18.0 Å². The number of imide groups is 1. The predicted octanol–water partition coefficient (Wildman–Crippen LogP) is 0.410. The molecule has 0 spiro atoms. The average molecular weight is 402 g/mol. The molecule has 152 valence electrons. The fourth-order valence-corrected chi connectivity index (χ4v) is 2.77. The molecule has 0 radical (unpaired) electrons. The van der Waals surface area contributed by atoms with E-state index in [1.54, 1.807) is 13.1 Å². The second-order valence-corrected chi connectivity index (χ2v) is 6.01. The quantitative estimate of drug-likeness (QED) is 0.623. The maximum absolute atomic E-state index is 12.4. The van der Waals surface area contributed by atoms with Gasteiger partial charge in [0.05, 0.1) is 11.0 Å². The van der Waals surface area contributed by atoms with Gasteiger partial charge in [0.25, 0.3) is 0 Å². The molecule has 1 aliphatic rings. The predicted molar refractivity (Wildman–Crippen MR) is 90.2 cm³/mol. The summed E-state index contributed by atoms with van der Waals surface area (Å²) in [6, 6.07) is 4.83. The first-order valence-corrected chi connectivity index (χ1v) is 8.01. The van der Waals surface area contributed by atoms with Gasteiger partial charge in [-0.25, -0.2) is 9.59 Å². The Morgan fingerprint density at radius 3 is 2.39 bits per heavy atom. The lowest BCUT2D eigenvalue weighted by Gasteiger charge is -2.21. The number of aromatic nitrogens is 2. The van der Waals surface area contributed by atoms with Gasteiger partial charge in [0.1, 0.15) is 6.04 Å². The maximum atomic E-state index is 12.4. The number of benzene rings is 1. The lowest BCUT2D eigenvalue weighted by molar-refractivity contribution is -0.192. The molecule has 0 saturated carbocycles. The van der Waals surface area contributed by atoms with E-state index < -0.39 is 24.1 Å². The number of carbonyl (C=O) groups excluding carboxylic acids is 2. The Kier molecular flexibility index (Phi) is 5.92. The van der Waals surface area contributed by atoms with Crippen LogP contribution in [0.5, 0.6) is 0 Å². The number of hydrogen-bond donors (Lipinski definition) is 3. The lowest BCUT2D eigenvalue weighted by atomic mass is 10.1. The minimum absolute atomic E-state index is 0.236. The number of rotatable bonds is 2. The molecule has 1 saturated heterocycles. The number of imidazole rings is 1. The van der Waals surface area contributed by atoms with E-state index in [2.05, 4.69) is 5.32 Å². The van der Waals surface area contributed by atoms with E-state index in [1.165, 1.54) is 9.13 Å². The summed E-state index contributed by atoms with van der Waals surface area (Å²) in [5.41, 5.74) is 7.67. The second kappa shape index (κ2) is 7.84. The van der Waals surface area contributed by atoms with Crippen LogP contribution in [-0.2, 0) is 28.0 Å². The molecule has 0 bridgehead atoms. The summed E-state index contributed by atoms with van der Waals surface area (Å²) >= 11 is 0. The SMILES string of the molecule is Cn1c(=O)n(C2CCC(=O)NC2=O)c2ccc(CN)cc21.O=C(O)C(F)(F)F. The highest BCUT2D eigenvalue weighted by Crippen LogP contribution is 2.23. The van der Waals surface area contributed by atoms with Crippen molar-refractivity contribution in [2.45, 2.75) is 31.6 Å². The monoisotopic (exact) mass is 402 g/mol. The van der Waals surface area contributed by atoms with Crippen molar-refractivity contribution >= 4 is 28.8 Å². The van der Waals surface area contributed by atoms with Crippen molar-refractivity contribution in [2.24, 2.45) is 12.8 Å². The minimum atomic E-state index is -5.08. The zero-order valence-corrected chi connectivity index (χ0v) is 14.6. The van der Waals surface area contributed by atoms with Gasteiger partial charge in [0.15, 0.2) is 0 Å². The number of piperidine rings is 1. The number of nitrogens with two attached hydrogens (primary N) is 1. The molecule has 4 N–H and O–H groups in total. The molecular formula is C16H17F3N4O5. The van der Waals surface area contributed by atoms with E-state index in [1.807, 2.05) is 12.1 Å². The number of halogens is 3. The van der Waals surface area contributed by atoms with Crippen LogP contribution < -0.4 is 16.7 Å². The van der Waals surface area contributed by atoms with Gasteiger partial charge in [-0.2, -0.15) is 13.2 Å². The fraction of sp³-hybridized carbons (Fsp3) is 0.375. The highest BCUT2D eigenvalue weighted by atomic mass is 19.4. The largest absolute Gasteiger partial charge is 0.490 e. The third kappa shape index (κ3) is 4.22. The van der Waals surface area contributed by atoms with Gasteiger partial charge >= 0.3 is 17.8 Å². The molecular weight excluding hydrogens is 385 g/mol. The first kappa shape index (κ1) is 21.2. The van der Waals surface area contributed by atoms with Crippen LogP contribution in [0.3, 0.4) is 0 Å². The zero-order chi connectivity index (χ0) is 21.2. The molecule has 1 fully saturated rings. The number of carbonyl (C=O) groups is 3. The molecule has 12 heteroatoms. The second-order valence-electron chi connectivity index (χ2n) is 6.01. The van der Waals surface area contributed by atoms with Crippen molar-refractivity contribution < 1.29 is 32.7 Å². The number of carboxylic acid groups (broad SMARTS) is 1. The Hall–Kier alpha value is -3.15. The standard InChI is InChI=1S/C14H16N4O3.C2HF3O2/c1-17-11-6-8(7-15)2-3-9(11)18(14(17)21)10-4-5-12(19)16-13(10)20;3-2(4,5)1(6)7/h2-3,6,10H,4-5,7,15H2,1H3,(H,16,19,20);(H,6,7). The molecule has 1 aromatic heterocycles. The molecule has 28 heavy (non-hydrogen) atoms. The van der Waals surface area contributed by atoms with Crippen molar-refractivity contribution in [1.29, 1.82) is 0 Å². The molecule has 2 aromatic rings. The van der Waals surface area contributed by atoms with E-state index in [0.29, 0.717) is 18.5 Å². The summed E-state index contributed by atoms with van der Waals surface area (Å²) in [5.74, 6) is -3.48. The van der Waals surface area contributed by atoms with Crippen molar-refractivity contribution in [3.8, 4) is 0 Å². The molecule has 0 aliphatic carbocycles. The van der Waals surface area contributed by atoms with Crippen LogP contribution in [0.4, 0.5) is 13.2 Å². The van der Waals surface area contributed by atoms with Crippen LogP contribution in [0.15, 0.2) is 23.0 Å². The van der Waals surface area contributed by atoms with Crippen molar-refractivity contribution in [3.05, 3.63) is 34.2 Å². The Bertz CT molecular complexity index is 993. The van der Waals surface area contributed by atoms with Crippen LogP contribution in [0.25, 0.3) is 11.0 Å². The van der Waals surface area contributed by atoms with Gasteiger partial charge in [-0.15, -0.1) is 0 Å². The molecule has 9 nitrogen and oxygen atoms in total. The first-order chi connectivity index (χ1) is 13.0. The number of amides is 2. The molecule has 2 heterocycles. The summed E-state index contributed by atoms with van der Waals surface area (Å²) in [7, 11) is 1.66. The fourth-order valence-electron chi connectivity index (χ4n) is 2.77. The van der Waals surface area contributed by atoms with Gasteiger partial charge < -0.3 is 10.8 Å². The number of alkyl halides is 3. The molecule has 1 unspecified atom stereocenters. The van der Waals surface area contributed by atoms with Gasteiger partial charge in [-0.1, -0.05) is 6.07 Å². The first-order valence-electron chi connectivity index (χ1n) is 8.01. The van der Waals surface area contributed by atoms with E-state index in [4.69, 9.17) is 15.6 Å². The summed E-state index contributed by atoms with van der Waals surface area (Å²) in [4.78, 5) is 44.6. The average Bonchev–Trinajstić information content (AvgIpc) is 2.86. The van der Waals surface area contributed by atoms with Crippen LogP contribution in [-0.4, -0.2) is 38.2 Å². The Labute approximate surface area is 155 Å². The van der Waals surface area contributed by atoms with Crippen LogP contribution in [0.1, 0.15) is 24.4 Å². The molecule has 1 aliphatic heterocycles. The number of nitrogens with zero attached hydrogens (tertiary/aromatic N) is 2. The minimum Gasteiger partial charge on any atom is -0.475 e. The number of hydrogen-bond acceptors (Lipinski definition) is 5. The normalized spacial score (nSPS) is 17.1. The van der Waals surface area contributed by atoms with Gasteiger partial charge in [0, 0.05) is 20.0 Å². The highest BCUT2D eigenvalue weighted by molar-refractivity contribution is 6.00. The number of aliphatic carboxylic acids is 1. The lowest BCUT2D eigenvalue weighted by Crippen LogP contribution is -2.44. The van der Waals surface area contributed by atoms with E-state index >= 15 is 0 Å². The summed E-state index contributed by atoms with van der Waals surface area (Å²) in [5, 5.41) is 9.41. The zero-order valence-electron chi connectivity index (χ0n) is 14.6. The van der Waals surface area contributed by atoms with Crippen molar-refractivity contribution in [3.63, 3.8) is 0 Å². The smallest absolute Gasteiger partial charge is 0.475 e. The maximum Gasteiger partial charge on any atom is 0.490 e. The van der Waals surface area contributed by atoms with E-state index in [0.717, 1.165) is 11.1 Å². The molecule has 1 atom stereocenters. The van der Waals surface area contributed by atoms with Crippen LogP contribution in [0.2, 0.25) is 0 Å². The topological polar surface area (TPSA) is 136 Å². The summed E-state index contributed by atoms with van der Waals surface area (Å²) < 4.78 is 34.7. The molecule has 2 amide bonds. The molecule has 3 rings (SSSR count). The Balaban J connectivity index is 0.000000345. The van der Waals surface area contributed by atoms with Crippen LogP contribution in [0, 0.1) is 0 Å². The van der Waals surface area contributed by atoms with Crippen molar-refractivity contribution in [1.82, 2.24) is 14.5 Å². The van der Waals surface area contributed by atoms with Gasteiger partial charge in [0.2, 0.25) is 11.8 Å². The van der Waals surface area contributed by atoms with Crippen LogP contribution >= 0.6 is 0 Å². The summed E-state index contributed by atoms with van der Waals surface area (Å²) in [6.45, 7) is 0.383. The van der Waals surface area contributed by atoms with E-state index in [9.17, 15) is 27.6 Å². The summed E-state index contributed by atoms with van der Waals surface area (Å²) in [6.07, 6.45) is -4.51. The Morgan fingerprint density at radius 2 is 1.89 bits per heavy atom. The Morgan fingerprint density at radius 1 is 1.29 bits per heavy atom. The highest BCUT2D eigenvalue weighted by Gasteiger charge is 2.38. The molecule has 1 aromatic carbocycles. The van der Waals surface area contributed by atoms with Gasteiger partial charge in [-0.05, 0) is 24.1 Å². The number of nitrogens with one attached hydrogen (secondary N) is 1. The number of aryl methyl sites for hydroxylation is 1.